The summed E-state index contributed by atoms with van der Waals surface area (Å²) in [5.74, 6) is -1.31. The van der Waals surface area contributed by atoms with Crippen LogP contribution in [0.15, 0.2) is 36.5 Å². The molecule has 0 spiro atoms. The van der Waals surface area contributed by atoms with Gasteiger partial charge in [0.25, 0.3) is 5.91 Å². The van der Waals surface area contributed by atoms with Crippen molar-refractivity contribution in [1.82, 2.24) is 15.6 Å². The highest BCUT2D eigenvalue weighted by atomic mass is 35.5. The van der Waals surface area contributed by atoms with Crippen LogP contribution in [0.25, 0.3) is 0 Å². The Bertz CT molecular complexity index is 1110. The number of nitrogens with zero attached hydrogens (tertiary/aromatic N) is 1. The number of nitrogens with one attached hydrogen (secondary N) is 2. The van der Waals surface area contributed by atoms with Crippen LogP contribution in [0.1, 0.15) is 37.8 Å². The Kier molecular flexibility index (Phi) is 7.60. The van der Waals surface area contributed by atoms with Gasteiger partial charge in [0.2, 0.25) is 5.91 Å². The van der Waals surface area contributed by atoms with Crippen LogP contribution in [-0.2, 0) is 16.1 Å². The molecule has 2 amide bonds. The lowest BCUT2D eigenvalue weighted by molar-refractivity contribution is -0.156. The molecule has 1 aromatic carbocycles. The van der Waals surface area contributed by atoms with E-state index in [1.54, 1.807) is 0 Å². The van der Waals surface area contributed by atoms with E-state index in [9.17, 15) is 27.9 Å². The average molecular weight is 528 g/mol. The van der Waals surface area contributed by atoms with Gasteiger partial charge < -0.3 is 25.2 Å². The molecule has 2 bridgehead atoms. The fraction of sp³-hybridized carbons (Fsp3) is 0.458. The SMILES string of the molecule is O=C(COc1ccc(Cl)c(F)c1)NC12CCC(C(=O)NCc3ccc(OC(F)F)cn3)(CC1)C(O)C2. The monoisotopic (exact) mass is 527 g/mol. The summed E-state index contributed by atoms with van der Waals surface area (Å²) in [6.07, 6.45) is 2.12. The number of rotatable bonds is 9. The van der Waals surface area contributed by atoms with E-state index in [0.29, 0.717) is 31.4 Å². The first kappa shape index (κ1) is 26.0. The van der Waals surface area contributed by atoms with Crippen molar-refractivity contribution >= 4 is 23.4 Å². The first-order chi connectivity index (χ1) is 17.1. The number of halogens is 4. The van der Waals surface area contributed by atoms with Crippen LogP contribution in [0.3, 0.4) is 0 Å². The number of aliphatic hydroxyl groups excluding tert-OH is 1. The van der Waals surface area contributed by atoms with Gasteiger partial charge in [-0.25, -0.2) is 4.39 Å². The van der Waals surface area contributed by atoms with E-state index in [1.807, 2.05) is 0 Å². The van der Waals surface area contributed by atoms with Crippen molar-refractivity contribution in [2.75, 3.05) is 6.61 Å². The summed E-state index contributed by atoms with van der Waals surface area (Å²) in [4.78, 5) is 29.5. The van der Waals surface area contributed by atoms with E-state index < -0.39 is 35.4 Å². The number of pyridine rings is 1. The second-order valence-electron chi connectivity index (χ2n) is 9.12. The fourth-order valence-electron chi connectivity index (χ4n) is 4.91. The molecule has 1 heterocycles. The van der Waals surface area contributed by atoms with Gasteiger partial charge in [-0.3, -0.25) is 14.6 Å². The molecule has 3 fully saturated rings. The van der Waals surface area contributed by atoms with E-state index in [2.05, 4.69) is 20.4 Å². The zero-order chi connectivity index (χ0) is 25.9. The largest absolute Gasteiger partial charge is 0.484 e. The molecule has 3 N–H and O–H groups in total. The number of carbonyl (C=O) groups excluding carboxylic acids is 2. The summed E-state index contributed by atoms with van der Waals surface area (Å²) in [5.41, 5.74) is -1.19. The predicted octanol–water partition coefficient (Wildman–Crippen LogP) is 3.35. The molecule has 3 aliphatic carbocycles. The van der Waals surface area contributed by atoms with Gasteiger partial charge in [-0.1, -0.05) is 11.6 Å². The van der Waals surface area contributed by atoms with Gasteiger partial charge in [-0.15, -0.1) is 0 Å². The van der Waals surface area contributed by atoms with Gasteiger partial charge in [0.15, 0.2) is 6.61 Å². The number of carbonyl (C=O) groups is 2. The highest BCUT2D eigenvalue weighted by molar-refractivity contribution is 6.30. The molecule has 5 rings (SSSR count). The molecule has 8 nitrogen and oxygen atoms in total. The van der Waals surface area contributed by atoms with Gasteiger partial charge in [-0.2, -0.15) is 8.78 Å². The van der Waals surface area contributed by atoms with Crippen molar-refractivity contribution in [3.05, 3.63) is 53.1 Å². The predicted molar refractivity (Wildman–Crippen MR) is 122 cm³/mol. The van der Waals surface area contributed by atoms with E-state index in [-0.39, 0.29) is 42.0 Å². The molecule has 3 saturated carbocycles. The van der Waals surface area contributed by atoms with Gasteiger partial charge in [-0.05, 0) is 56.4 Å². The summed E-state index contributed by atoms with van der Waals surface area (Å²) in [5, 5.41) is 16.5. The number of amides is 2. The number of alkyl halides is 2. The van der Waals surface area contributed by atoms with Crippen LogP contribution in [0, 0.1) is 11.2 Å². The minimum absolute atomic E-state index is 0.0507. The Balaban J connectivity index is 1.29. The Hall–Kier alpha value is -3.05. The molecule has 36 heavy (non-hydrogen) atoms. The number of hydrogen-bond donors (Lipinski definition) is 3. The lowest BCUT2D eigenvalue weighted by atomic mass is 9.55. The van der Waals surface area contributed by atoms with Gasteiger partial charge in [0.05, 0.1) is 35.0 Å². The molecular weight excluding hydrogens is 503 g/mol. The van der Waals surface area contributed by atoms with E-state index >= 15 is 0 Å². The van der Waals surface area contributed by atoms with Crippen LogP contribution in [0.4, 0.5) is 13.2 Å². The summed E-state index contributed by atoms with van der Waals surface area (Å²) in [6.45, 7) is -3.22. The topological polar surface area (TPSA) is 110 Å². The molecule has 1 atom stereocenters. The molecule has 0 radical (unpaired) electrons. The highest BCUT2D eigenvalue weighted by Crippen LogP contribution is 2.52. The third-order valence-corrected chi connectivity index (χ3v) is 7.20. The van der Waals surface area contributed by atoms with Crippen molar-refractivity contribution < 1.29 is 37.3 Å². The smallest absolute Gasteiger partial charge is 0.387 e. The molecule has 0 aliphatic heterocycles. The number of ether oxygens (including phenoxy) is 2. The van der Waals surface area contributed by atoms with Crippen LogP contribution in [0.2, 0.25) is 5.02 Å². The third kappa shape index (κ3) is 5.67. The number of aromatic nitrogens is 1. The molecule has 1 aromatic heterocycles. The first-order valence-corrected chi connectivity index (χ1v) is 11.7. The summed E-state index contributed by atoms with van der Waals surface area (Å²) in [6, 6.07) is 6.68. The lowest BCUT2D eigenvalue weighted by Crippen LogP contribution is -2.65. The van der Waals surface area contributed by atoms with E-state index in [0.717, 1.165) is 12.3 Å². The minimum atomic E-state index is -2.95. The van der Waals surface area contributed by atoms with Gasteiger partial charge in [0, 0.05) is 11.6 Å². The van der Waals surface area contributed by atoms with Crippen molar-refractivity contribution in [3.63, 3.8) is 0 Å². The molecule has 2 aromatic rings. The first-order valence-electron chi connectivity index (χ1n) is 11.4. The van der Waals surface area contributed by atoms with Crippen LogP contribution < -0.4 is 20.1 Å². The second kappa shape index (κ2) is 10.5. The molecule has 12 heteroatoms. The summed E-state index contributed by atoms with van der Waals surface area (Å²) < 4.78 is 47.7. The second-order valence-corrected chi connectivity index (χ2v) is 9.52. The van der Waals surface area contributed by atoms with Crippen molar-refractivity contribution in [1.29, 1.82) is 0 Å². The van der Waals surface area contributed by atoms with Crippen LogP contribution >= 0.6 is 11.6 Å². The number of hydrogen-bond acceptors (Lipinski definition) is 6. The zero-order valence-electron chi connectivity index (χ0n) is 19.1. The summed E-state index contributed by atoms with van der Waals surface area (Å²) >= 11 is 5.64. The average Bonchev–Trinajstić information content (AvgIpc) is 2.84. The standard InChI is InChI=1S/C24H25ClF3N3O5/c25-17-4-3-15(9-18(17)26)35-13-20(33)31-23-5-7-24(8-6-23,19(32)10-23)21(34)30-11-14-1-2-16(12-29-14)36-22(27)28/h1-4,9,12,19,22,32H,5-8,10-11,13H2,(H,30,34)(H,31,33). The number of fused-ring (bicyclic) bond motifs is 3. The normalized spacial score (nSPS) is 24.9. The third-order valence-electron chi connectivity index (χ3n) is 6.89. The van der Waals surface area contributed by atoms with Crippen LogP contribution in [-0.4, -0.2) is 46.8 Å². The lowest BCUT2D eigenvalue weighted by Gasteiger charge is -2.55. The highest BCUT2D eigenvalue weighted by Gasteiger charge is 2.58. The van der Waals surface area contributed by atoms with Gasteiger partial charge in [0.1, 0.15) is 17.3 Å². The summed E-state index contributed by atoms with van der Waals surface area (Å²) in [7, 11) is 0. The van der Waals surface area contributed by atoms with E-state index in [4.69, 9.17) is 16.3 Å². The zero-order valence-corrected chi connectivity index (χ0v) is 19.9. The maximum atomic E-state index is 13.5. The van der Waals surface area contributed by atoms with Crippen LogP contribution in [0.5, 0.6) is 11.5 Å². The quantitative estimate of drug-likeness (QED) is 0.461. The Labute approximate surface area is 210 Å². The minimum Gasteiger partial charge on any atom is -0.484 e. The molecule has 1 unspecified atom stereocenters. The Morgan fingerprint density at radius 3 is 2.50 bits per heavy atom. The molecular formula is C24H25ClF3N3O5. The molecule has 194 valence electrons. The maximum Gasteiger partial charge on any atom is 0.387 e. The molecule has 3 aliphatic rings. The molecule has 0 saturated heterocycles. The Morgan fingerprint density at radius 2 is 1.89 bits per heavy atom. The van der Waals surface area contributed by atoms with E-state index in [1.165, 1.54) is 24.3 Å². The maximum absolute atomic E-state index is 13.5. The van der Waals surface area contributed by atoms with Crippen molar-refractivity contribution in [3.8, 4) is 11.5 Å². The van der Waals surface area contributed by atoms with Gasteiger partial charge >= 0.3 is 6.61 Å². The fourth-order valence-corrected chi connectivity index (χ4v) is 5.03. The van der Waals surface area contributed by atoms with Crippen molar-refractivity contribution in [2.45, 2.75) is 56.9 Å². The Morgan fingerprint density at radius 1 is 1.17 bits per heavy atom. The van der Waals surface area contributed by atoms with Crippen molar-refractivity contribution in [2.24, 2.45) is 5.41 Å². The number of benzene rings is 1. The number of aliphatic hydroxyl groups is 1.